The fourth-order valence-corrected chi connectivity index (χ4v) is 3.10. The predicted octanol–water partition coefficient (Wildman–Crippen LogP) is 3.77. The smallest absolute Gasteiger partial charge is 0.352 e. The highest BCUT2D eigenvalue weighted by Crippen LogP contribution is 2.34. The molecule has 3 rings (SSSR count). The molecule has 4 heteroatoms. The van der Waals surface area contributed by atoms with Crippen molar-refractivity contribution in [3.8, 4) is 0 Å². The average molecular weight is 276 g/mol. The summed E-state index contributed by atoms with van der Waals surface area (Å²) in [5.41, 5.74) is 2.77. The summed E-state index contributed by atoms with van der Waals surface area (Å²) in [6.07, 6.45) is 4.79. The number of aryl methyl sites for hydroxylation is 1. The number of hydrogen-bond donors (Lipinski definition) is 1. The van der Waals surface area contributed by atoms with Gasteiger partial charge in [-0.05, 0) is 36.5 Å². The van der Waals surface area contributed by atoms with Crippen molar-refractivity contribution in [2.75, 3.05) is 0 Å². The topological polar surface area (TPSA) is 42.2 Å². The lowest BCUT2D eigenvalue weighted by Crippen LogP contribution is -2.20. The van der Waals surface area contributed by atoms with E-state index in [-0.39, 0.29) is 11.7 Å². The van der Waals surface area contributed by atoms with E-state index in [1.165, 1.54) is 17.2 Å². The number of nitrogens with zero attached hydrogens (tertiary/aromatic N) is 1. The van der Waals surface area contributed by atoms with Crippen LogP contribution in [0.2, 0.25) is 5.02 Å². The Morgan fingerprint density at radius 2 is 2.16 bits per heavy atom. The Morgan fingerprint density at radius 3 is 2.95 bits per heavy atom. The molecule has 0 bridgehead atoms. The SMILES string of the molecule is O=C(O)c1cc(Cl)cn1C1CCCc2ccccc21. The lowest BCUT2D eigenvalue weighted by molar-refractivity contribution is 0.0683. The van der Waals surface area contributed by atoms with Crippen LogP contribution in [0, 0.1) is 0 Å². The Kier molecular flexibility index (Phi) is 3.07. The number of hydrogen-bond acceptors (Lipinski definition) is 1. The molecule has 0 saturated heterocycles. The molecule has 1 aromatic heterocycles. The highest BCUT2D eigenvalue weighted by molar-refractivity contribution is 6.30. The van der Waals surface area contributed by atoms with Crippen LogP contribution < -0.4 is 0 Å². The van der Waals surface area contributed by atoms with Gasteiger partial charge in [0, 0.05) is 6.20 Å². The van der Waals surface area contributed by atoms with Crippen molar-refractivity contribution in [1.82, 2.24) is 4.57 Å². The zero-order valence-corrected chi connectivity index (χ0v) is 11.1. The summed E-state index contributed by atoms with van der Waals surface area (Å²) in [6.45, 7) is 0. The largest absolute Gasteiger partial charge is 0.477 e. The van der Waals surface area contributed by atoms with Gasteiger partial charge in [-0.3, -0.25) is 0 Å². The molecule has 1 atom stereocenters. The van der Waals surface area contributed by atoms with E-state index < -0.39 is 5.97 Å². The third-order valence-corrected chi connectivity index (χ3v) is 3.91. The van der Waals surface area contributed by atoms with Crippen molar-refractivity contribution in [3.05, 3.63) is 58.4 Å². The maximum absolute atomic E-state index is 11.3. The van der Waals surface area contributed by atoms with E-state index in [0.29, 0.717) is 5.02 Å². The van der Waals surface area contributed by atoms with Gasteiger partial charge in [-0.25, -0.2) is 4.79 Å². The molecule has 2 aromatic rings. The Bertz CT molecular complexity index is 633. The van der Waals surface area contributed by atoms with Crippen molar-refractivity contribution < 1.29 is 9.90 Å². The molecular formula is C15H14ClNO2. The summed E-state index contributed by atoms with van der Waals surface area (Å²) in [6, 6.07) is 9.82. The van der Waals surface area contributed by atoms with E-state index in [9.17, 15) is 9.90 Å². The maximum atomic E-state index is 11.3. The highest BCUT2D eigenvalue weighted by atomic mass is 35.5. The van der Waals surface area contributed by atoms with Gasteiger partial charge in [0.25, 0.3) is 0 Å². The first-order valence-electron chi connectivity index (χ1n) is 6.35. The van der Waals surface area contributed by atoms with E-state index in [2.05, 4.69) is 12.1 Å². The van der Waals surface area contributed by atoms with Crippen LogP contribution in [0.5, 0.6) is 0 Å². The van der Waals surface area contributed by atoms with Crippen LogP contribution >= 0.6 is 11.6 Å². The van der Waals surface area contributed by atoms with E-state index in [0.717, 1.165) is 19.3 Å². The number of rotatable bonds is 2. The zero-order chi connectivity index (χ0) is 13.4. The second-order valence-electron chi connectivity index (χ2n) is 4.86. The Morgan fingerprint density at radius 1 is 1.37 bits per heavy atom. The van der Waals surface area contributed by atoms with Crippen molar-refractivity contribution >= 4 is 17.6 Å². The molecule has 3 nitrogen and oxygen atoms in total. The molecule has 98 valence electrons. The highest BCUT2D eigenvalue weighted by Gasteiger charge is 2.25. The quantitative estimate of drug-likeness (QED) is 0.907. The molecule has 1 unspecified atom stereocenters. The summed E-state index contributed by atoms with van der Waals surface area (Å²) in [7, 11) is 0. The van der Waals surface area contributed by atoms with Gasteiger partial charge in [0.05, 0.1) is 11.1 Å². The Hall–Kier alpha value is -1.74. The molecule has 0 spiro atoms. The van der Waals surface area contributed by atoms with Crippen molar-refractivity contribution in [3.63, 3.8) is 0 Å². The first-order chi connectivity index (χ1) is 9.16. The molecule has 0 saturated carbocycles. The molecule has 0 aliphatic heterocycles. The Balaban J connectivity index is 2.11. The van der Waals surface area contributed by atoms with Crippen molar-refractivity contribution in [2.24, 2.45) is 0 Å². The molecule has 1 aliphatic carbocycles. The van der Waals surface area contributed by atoms with E-state index in [1.807, 2.05) is 12.1 Å². The molecule has 1 aromatic carbocycles. The van der Waals surface area contributed by atoms with Gasteiger partial charge < -0.3 is 9.67 Å². The molecule has 0 amide bonds. The number of aromatic nitrogens is 1. The maximum Gasteiger partial charge on any atom is 0.352 e. The van der Waals surface area contributed by atoms with Gasteiger partial charge in [0.2, 0.25) is 0 Å². The Labute approximate surface area is 116 Å². The fourth-order valence-electron chi connectivity index (χ4n) is 2.89. The summed E-state index contributed by atoms with van der Waals surface area (Å²) in [4.78, 5) is 11.3. The van der Waals surface area contributed by atoms with Gasteiger partial charge in [0.15, 0.2) is 0 Å². The standard InChI is InChI=1S/C15H14ClNO2/c16-11-8-14(15(18)19)17(9-11)13-7-3-5-10-4-1-2-6-12(10)13/h1-2,4,6,8-9,13H,3,5,7H2,(H,18,19). The van der Waals surface area contributed by atoms with Crippen LogP contribution in [-0.4, -0.2) is 15.6 Å². The monoisotopic (exact) mass is 275 g/mol. The fraction of sp³-hybridized carbons (Fsp3) is 0.267. The van der Waals surface area contributed by atoms with Gasteiger partial charge in [-0.2, -0.15) is 0 Å². The number of fused-ring (bicyclic) bond motifs is 1. The summed E-state index contributed by atoms with van der Waals surface area (Å²) < 4.78 is 1.79. The lowest BCUT2D eigenvalue weighted by atomic mass is 9.87. The summed E-state index contributed by atoms with van der Waals surface area (Å²) in [5.74, 6) is -0.935. The minimum atomic E-state index is -0.935. The number of carbonyl (C=O) groups is 1. The number of carboxylic acids is 1. The molecule has 1 N–H and O–H groups in total. The van der Waals surface area contributed by atoms with Gasteiger partial charge in [-0.1, -0.05) is 35.9 Å². The van der Waals surface area contributed by atoms with Crippen LogP contribution in [0.25, 0.3) is 0 Å². The minimum absolute atomic E-state index is 0.0727. The van der Waals surface area contributed by atoms with E-state index >= 15 is 0 Å². The van der Waals surface area contributed by atoms with Gasteiger partial charge in [0.1, 0.15) is 5.69 Å². The summed E-state index contributed by atoms with van der Waals surface area (Å²) in [5, 5.41) is 9.75. The number of carboxylic acid groups (broad SMARTS) is 1. The second kappa shape index (κ2) is 4.74. The first-order valence-corrected chi connectivity index (χ1v) is 6.73. The van der Waals surface area contributed by atoms with Crippen LogP contribution in [0.4, 0.5) is 0 Å². The van der Waals surface area contributed by atoms with Gasteiger partial charge in [-0.15, -0.1) is 0 Å². The molecule has 0 radical (unpaired) electrons. The van der Waals surface area contributed by atoms with E-state index in [4.69, 9.17) is 11.6 Å². The van der Waals surface area contributed by atoms with Crippen LogP contribution in [0.1, 0.15) is 40.5 Å². The number of benzene rings is 1. The molecule has 1 aliphatic rings. The zero-order valence-electron chi connectivity index (χ0n) is 10.3. The van der Waals surface area contributed by atoms with E-state index in [1.54, 1.807) is 10.8 Å². The molecular weight excluding hydrogens is 262 g/mol. The molecule has 1 heterocycles. The van der Waals surface area contributed by atoms with Crippen LogP contribution in [0.15, 0.2) is 36.5 Å². The normalized spacial score (nSPS) is 18.1. The molecule has 19 heavy (non-hydrogen) atoms. The third kappa shape index (κ3) is 2.15. The van der Waals surface area contributed by atoms with Gasteiger partial charge >= 0.3 is 5.97 Å². The van der Waals surface area contributed by atoms with Crippen LogP contribution in [-0.2, 0) is 6.42 Å². The molecule has 0 fully saturated rings. The van der Waals surface area contributed by atoms with Crippen molar-refractivity contribution in [1.29, 1.82) is 0 Å². The average Bonchev–Trinajstić information content (AvgIpc) is 2.80. The van der Waals surface area contributed by atoms with Crippen molar-refractivity contribution in [2.45, 2.75) is 25.3 Å². The summed E-state index contributed by atoms with van der Waals surface area (Å²) >= 11 is 5.97. The number of halogens is 1. The third-order valence-electron chi connectivity index (χ3n) is 3.71. The predicted molar refractivity (Wildman–Crippen MR) is 73.9 cm³/mol. The minimum Gasteiger partial charge on any atom is -0.477 e. The first kappa shape index (κ1) is 12.3. The second-order valence-corrected chi connectivity index (χ2v) is 5.30. The lowest BCUT2D eigenvalue weighted by Gasteiger charge is -2.27. The van der Waals surface area contributed by atoms with Crippen LogP contribution in [0.3, 0.4) is 0 Å². The number of aromatic carboxylic acids is 1.